The van der Waals surface area contributed by atoms with Gasteiger partial charge in [-0.25, -0.2) is 0 Å². The van der Waals surface area contributed by atoms with Gasteiger partial charge >= 0.3 is 0 Å². The summed E-state index contributed by atoms with van der Waals surface area (Å²) in [5.74, 6) is 0.644. The molecule has 1 amide bonds. The first-order valence-electron chi connectivity index (χ1n) is 7.28. The van der Waals surface area contributed by atoms with Gasteiger partial charge in [-0.15, -0.1) is 0 Å². The summed E-state index contributed by atoms with van der Waals surface area (Å²) in [6, 6.07) is 18.4. The molecule has 3 heteroatoms. The van der Waals surface area contributed by atoms with E-state index in [0.717, 1.165) is 23.9 Å². The van der Waals surface area contributed by atoms with E-state index in [4.69, 9.17) is 0 Å². The molecule has 0 aromatic heterocycles. The smallest absolute Gasteiger partial charge is 0.228 e. The van der Waals surface area contributed by atoms with Crippen molar-refractivity contribution in [2.24, 2.45) is 5.92 Å². The van der Waals surface area contributed by atoms with E-state index in [1.54, 1.807) is 0 Å². The second-order valence-electron chi connectivity index (χ2n) is 5.48. The predicted molar refractivity (Wildman–Crippen MR) is 89.9 cm³/mol. The van der Waals surface area contributed by atoms with Gasteiger partial charge in [0.05, 0.1) is 0 Å². The first-order valence-corrected chi connectivity index (χ1v) is 8.41. The van der Waals surface area contributed by atoms with Gasteiger partial charge in [0.15, 0.2) is 0 Å². The minimum atomic E-state index is 0.120. The van der Waals surface area contributed by atoms with Crippen molar-refractivity contribution in [1.29, 1.82) is 0 Å². The minimum Gasteiger partial charge on any atom is -0.326 e. The van der Waals surface area contributed by atoms with Crippen LogP contribution >= 0.6 is 15.9 Å². The normalized spacial score (nSPS) is 20.0. The van der Waals surface area contributed by atoms with E-state index in [1.807, 2.05) is 30.3 Å². The van der Waals surface area contributed by atoms with Gasteiger partial charge in [-0.2, -0.15) is 0 Å². The van der Waals surface area contributed by atoms with Crippen LogP contribution in [0.3, 0.4) is 0 Å². The Hall–Kier alpha value is -1.61. The topological polar surface area (TPSA) is 29.1 Å². The molecule has 108 valence electrons. The largest absolute Gasteiger partial charge is 0.326 e. The SMILES string of the molecule is O=C(Nc1ccc(CCBr)cc1)C1CC1c1ccccc1. The maximum Gasteiger partial charge on any atom is 0.228 e. The maximum absolute atomic E-state index is 12.3. The van der Waals surface area contributed by atoms with Crippen LogP contribution in [0.2, 0.25) is 0 Å². The van der Waals surface area contributed by atoms with Gasteiger partial charge in [-0.05, 0) is 42.0 Å². The predicted octanol–water partition coefficient (Wildman–Crippen LogP) is 4.37. The quantitative estimate of drug-likeness (QED) is 0.802. The molecule has 0 heterocycles. The Morgan fingerprint density at radius 1 is 1.10 bits per heavy atom. The average Bonchev–Trinajstić information content (AvgIpc) is 3.31. The lowest BCUT2D eigenvalue weighted by Gasteiger charge is -2.06. The molecule has 1 aliphatic carbocycles. The Kier molecular flexibility index (Phi) is 4.39. The number of benzene rings is 2. The van der Waals surface area contributed by atoms with E-state index in [-0.39, 0.29) is 11.8 Å². The first-order chi connectivity index (χ1) is 10.3. The van der Waals surface area contributed by atoms with Crippen molar-refractivity contribution in [2.45, 2.75) is 18.8 Å². The Morgan fingerprint density at radius 2 is 1.81 bits per heavy atom. The second-order valence-corrected chi connectivity index (χ2v) is 6.28. The highest BCUT2D eigenvalue weighted by Crippen LogP contribution is 2.47. The molecule has 1 fully saturated rings. The molecule has 0 bridgehead atoms. The number of hydrogen-bond acceptors (Lipinski definition) is 1. The molecule has 2 aromatic carbocycles. The molecule has 3 rings (SSSR count). The number of alkyl halides is 1. The Labute approximate surface area is 133 Å². The summed E-state index contributed by atoms with van der Waals surface area (Å²) in [6.45, 7) is 0. The number of amides is 1. The number of halogens is 1. The van der Waals surface area contributed by atoms with Gasteiger partial charge in [-0.1, -0.05) is 58.4 Å². The average molecular weight is 344 g/mol. The molecule has 2 atom stereocenters. The lowest BCUT2D eigenvalue weighted by atomic mass is 10.1. The summed E-state index contributed by atoms with van der Waals surface area (Å²) >= 11 is 3.43. The second kappa shape index (κ2) is 6.44. The zero-order chi connectivity index (χ0) is 14.7. The summed E-state index contributed by atoms with van der Waals surface area (Å²) < 4.78 is 0. The highest BCUT2D eigenvalue weighted by atomic mass is 79.9. The van der Waals surface area contributed by atoms with Crippen molar-refractivity contribution in [3.63, 3.8) is 0 Å². The highest BCUT2D eigenvalue weighted by Gasteiger charge is 2.43. The van der Waals surface area contributed by atoms with Crippen molar-refractivity contribution < 1.29 is 4.79 Å². The van der Waals surface area contributed by atoms with Crippen LogP contribution in [0.25, 0.3) is 0 Å². The zero-order valence-corrected chi connectivity index (χ0v) is 13.3. The number of anilines is 1. The summed E-state index contributed by atoms with van der Waals surface area (Å²) in [7, 11) is 0. The third kappa shape index (κ3) is 3.53. The number of nitrogens with one attached hydrogen (secondary N) is 1. The van der Waals surface area contributed by atoms with Gasteiger partial charge < -0.3 is 5.32 Å². The van der Waals surface area contributed by atoms with Crippen LogP contribution < -0.4 is 5.32 Å². The molecule has 0 spiro atoms. The van der Waals surface area contributed by atoms with E-state index in [1.165, 1.54) is 11.1 Å². The summed E-state index contributed by atoms with van der Waals surface area (Å²) in [6.07, 6.45) is 1.96. The molecule has 2 nitrogen and oxygen atoms in total. The Bertz CT molecular complexity index is 609. The van der Waals surface area contributed by atoms with Gasteiger partial charge in [0.1, 0.15) is 0 Å². The molecule has 0 saturated heterocycles. The van der Waals surface area contributed by atoms with E-state index >= 15 is 0 Å². The maximum atomic E-state index is 12.3. The minimum absolute atomic E-state index is 0.120. The monoisotopic (exact) mass is 343 g/mol. The molecular formula is C18H18BrNO. The molecule has 1 aliphatic rings. The van der Waals surface area contributed by atoms with Crippen molar-refractivity contribution >= 4 is 27.5 Å². The molecule has 2 aromatic rings. The lowest BCUT2D eigenvalue weighted by Crippen LogP contribution is -2.14. The van der Waals surface area contributed by atoms with Crippen molar-refractivity contribution in [2.75, 3.05) is 10.6 Å². The van der Waals surface area contributed by atoms with Crippen LogP contribution in [-0.2, 0) is 11.2 Å². The van der Waals surface area contributed by atoms with Gasteiger partial charge in [0.2, 0.25) is 5.91 Å². The summed E-state index contributed by atoms with van der Waals surface area (Å²) in [4.78, 5) is 12.3. The van der Waals surface area contributed by atoms with E-state index in [2.05, 4.69) is 45.5 Å². The zero-order valence-electron chi connectivity index (χ0n) is 11.8. The molecule has 1 N–H and O–H groups in total. The Balaban J connectivity index is 1.58. The van der Waals surface area contributed by atoms with Gasteiger partial charge in [0.25, 0.3) is 0 Å². The molecule has 1 saturated carbocycles. The highest BCUT2D eigenvalue weighted by molar-refractivity contribution is 9.09. The Morgan fingerprint density at radius 3 is 2.48 bits per heavy atom. The van der Waals surface area contributed by atoms with Crippen molar-refractivity contribution in [3.05, 3.63) is 65.7 Å². The van der Waals surface area contributed by atoms with Crippen LogP contribution in [0, 0.1) is 5.92 Å². The standard InChI is InChI=1S/C18H18BrNO/c19-11-10-13-6-8-15(9-7-13)20-18(21)17-12-16(17)14-4-2-1-3-5-14/h1-9,16-17H,10-12H2,(H,20,21). The molecule has 2 unspecified atom stereocenters. The van der Waals surface area contributed by atoms with Crippen LogP contribution in [0.15, 0.2) is 54.6 Å². The van der Waals surface area contributed by atoms with Crippen molar-refractivity contribution in [3.8, 4) is 0 Å². The van der Waals surface area contributed by atoms with E-state index in [9.17, 15) is 4.79 Å². The fourth-order valence-corrected chi connectivity index (χ4v) is 3.11. The number of aryl methyl sites for hydroxylation is 1. The fraction of sp³-hybridized carbons (Fsp3) is 0.278. The lowest BCUT2D eigenvalue weighted by molar-refractivity contribution is -0.117. The number of hydrogen-bond donors (Lipinski definition) is 1. The number of carbonyl (C=O) groups excluding carboxylic acids is 1. The third-order valence-corrected chi connectivity index (χ3v) is 4.36. The third-order valence-electron chi connectivity index (χ3n) is 3.96. The summed E-state index contributed by atoms with van der Waals surface area (Å²) in [5.41, 5.74) is 3.43. The number of rotatable bonds is 5. The molecule has 0 radical (unpaired) electrons. The van der Waals surface area contributed by atoms with Gasteiger partial charge in [-0.3, -0.25) is 4.79 Å². The summed E-state index contributed by atoms with van der Waals surface area (Å²) in [5, 5.41) is 3.98. The fourth-order valence-electron chi connectivity index (χ4n) is 2.65. The van der Waals surface area contributed by atoms with E-state index in [0.29, 0.717) is 5.92 Å². The first kappa shape index (κ1) is 14.3. The molecular weight excluding hydrogens is 326 g/mol. The van der Waals surface area contributed by atoms with Gasteiger partial charge in [0, 0.05) is 16.9 Å². The number of carbonyl (C=O) groups is 1. The van der Waals surface area contributed by atoms with E-state index < -0.39 is 0 Å². The van der Waals surface area contributed by atoms with Crippen LogP contribution in [0.5, 0.6) is 0 Å². The molecule has 21 heavy (non-hydrogen) atoms. The van der Waals surface area contributed by atoms with Crippen LogP contribution in [0.1, 0.15) is 23.5 Å². The van der Waals surface area contributed by atoms with Crippen molar-refractivity contribution in [1.82, 2.24) is 0 Å². The van der Waals surface area contributed by atoms with Crippen LogP contribution in [0.4, 0.5) is 5.69 Å². The van der Waals surface area contributed by atoms with Crippen LogP contribution in [-0.4, -0.2) is 11.2 Å². The molecule has 0 aliphatic heterocycles.